The van der Waals surface area contributed by atoms with Crippen LogP contribution in [0.3, 0.4) is 0 Å². The molecule has 4 nitrogen and oxygen atoms in total. The minimum absolute atomic E-state index is 0.100. The van der Waals surface area contributed by atoms with Crippen LogP contribution in [0.5, 0.6) is 0 Å². The number of hydrogen-bond acceptors (Lipinski definition) is 4. The number of aliphatic hydroxyl groups excluding tert-OH is 3. The van der Waals surface area contributed by atoms with Crippen molar-refractivity contribution in [3.8, 4) is 0 Å². The highest BCUT2D eigenvalue weighted by molar-refractivity contribution is 5.84. The summed E-state index contributed by atoms with van der Waals surface area (Å²) >= 11 is 0. The molecule has 0 aromatic carbocycles. The van der Waals surface area contributed by atoms with E-state index in [4.69, 9.17) is 5.11 Å². The highest BCUT2D eigenvalue weighted by atomic mass is 16.3. The van der Waals surface area contributed by atoms with Crippen LogP contribution in [-0.2, 0) is 4.79 Å². The third kappa shape index (κ3) is 7.91. The standard InChI is InChI=1S/C20H36O4/c1-2-3-7-10-16(22)12-13-18-17(19(23)15-20(18)24)11-8-5-4-6-9-14-21/h12-13,16-18,20-22,24H,2-11,14-15H2,1H3/t16-,17+,18+,20?/m0/s1. The van der Waals surface area contributed by atoms with Crippen molar-refractivity contribution in [1.82, 2.24) is 0 Å². The van der Waals surface area contributed by atoms with Gasteiger partial charge in [0.25, 0.3) is 0 Å². The molecular formula is C20H36O4. The van der Waals surface area contributed by atoms with Crippen LogP contribution in [-0.4, -0.2) is 39.9 Å². The lowest BCUT2D eigenvalue weighted by atomic mass is 9.88. The number of unbranched alkanes of at least 4 members (excludes halogenated alkanes) is 6. The van der Waals surface area contributed by atoms with Crippen LogP contribution in [0.4, 0.5) is 0 Å². The molecule has 0 saturated heterocycles. The summed E-state index contributed by atoms with van der Waals surface area (Å²) in [7, 11) is 0. The van der Waals surface area contributed by atoms with Crippen molar-refractivity contribution in [3.05, 3.63) is 12.2 Å². The second-order valence-electron chi connectivity index (χ2n) is 7.15. The third-order valence-corrected chi connectivity index (χ3v) is 5.06. The molecule has 1 saturated carbocycles. The zero-order valence-corrected chi connectivity index (χ0v) is 15.2. The molecule has 1 aliphatic carbocycles. The molecule has 0 radical (unpaired) electrons. The molecule has 0 amide bonds. The lowest BCUT2D eigenvalue weighted by Gasteiger charge is -2.18. The van der Waals surface area contributed by atoms with Gasteiger partial charge < -0.3 is 15.3 Å². The Hall–Kier alpha value is -0.710. The fraction of sp³-hybridized carbons (Fsp3) is 0.850. The Morgan fingerprint density at radius 2 is 1.83 bits per heavy atom. The molecule has 24 heavy (non-hydrogen) atoms. The fourth-order valence-corrected chi connectivity index (χ4v) is 3.55. The van der Waals surface area contributed by atoms with Crippen molar-refractivity contribution in [2.24, 2.45) is 11.8 Å². The van der Waals surface area contributed by atoms with Gasteiger partial charge in [0, 0.05) is 24.9 Å². The lowest BCUT2D eigenvalue weighted by molar-refractivity contribution is -0.121. The smallest absolute Gasteiger partial charge is 0.139 e. The first-order valence-electron chi connectivity index (χ1n) is 9.78. The quantitative estimate of drug-likeness (QED) is 0.355. The molecule has 4 heteroatoms. The van der Waals surface area contributed by atoms with E-state index in [9.17, 15) is 15.0 Å². The summed E-state index contributed by atoms with van der Waals surface area (Å²) < 4.78 is 0. The van der Waals surface area contributed by atoms with Crippen LogP contribution in [0.25, 0.3) is 0 Å². The van der Waals surface area contributed by atoms with Gasteiger partial charge >= 0.3 is 0 Å². The predicted octanol–water partition coefficient (Wildman–Crippen LogP) is 3.38. The Morgan fingerprint density at radius 1 is 1.12 bits per heavy atom. The zero-order chi connectivity index (χ0) is 17.8. The van der Waals surface area contributed by atoms with E-state index >= 15 is 0 Å². The summed E-state index contributed by atoms with van der Waals surface area (Å²) in [6.45, 7) is 2.39. The van der Waals surface area contributed by atoms with Crippen molar-refractivity contribution in [1.29, 1.82) is 0 Å². The lowest BCUT2D eigenvalue weighted by Crippen LogP contribution is -2.19. The Bertz CT molecular complexity index is 367. The summed E-state index contributed by atoms with van der Waals surface area (Å²) in [4.78, 5) is 12.1. The van der Waals surface area contributed by atoms with Crippen LogP contribution in [0.1, 0.15) is 77.6 Å². The summed E-state index contributed by atoms with van der Waals surface area (Å²) in [6, 6.07) is 0. The first-order chi connectivity index (χ1) is 11.6. The van der Waals surface area contributed by atoms with Gasteiger partial charge in [-0.05, 0) is 19.3 Å². The van der Waals surface area contributed by atoms with Gasteiger partial charge in [0.2, 0.25) is 0 Å². The number of rotatable bonds is 13. The van der Waals surface area contributed by atoms with Gasteiger partial charge in [-0.1, -0.05) is 64.0 Å². The molecule has 0 aliphatic heterocycles. The predicted molar refractivity (Wildman–Crippen MR) is 96.7 cm³/mol. The minimum Gasteiger partial charge on any atom is -0.396 e. The highest BCUT2D eigenvalue weighted by Gasteiger charge is 2.39. The molecule has 0 aromatic heterocycles. The van der Waals surface area contributed by atoms with E-state index in [0.29, 0.717) is 0 Å². The number of ketones is 1. The second kappa shape index (κ2) is 12.6. The number of hydrogen-bond donors (Lipinski definition) is 3. The number of carbonyl (C=O) groups is 1. The molecule has 3 N–H and O–H groups in total. The Balaban J connectivity index is 2.40. The highest BCUT2D eigenvalue weighted by Crippen LogP contribution is 2.34. The monoisotopic (exact) mass is 340 g/mol. The molecule has 0 bridgehead atoms. The van der Waals surface area contributed by atoms with Gasteiger partial charge in [0.15, 0.2) is 0 Å². The SMILES string of the molecule is CCCCC[C@H](O)C=C[C@H]1C(O)CC(=O)[C@@H]1CCCCCCCO. The van der Waals surface area contributed by atoms with Crippen molar-refractivity contribution < 1.29 is 20.1 Å². The first kappa shape index (κ1) is 21.3. The van der Waals surface area contributed by atoms with Crippen molar-refractivity contribution in [2.45, 2.75) is 89.8 Å². The van der Waals surface area contributed by atoms with E-state index in [1.54, 1.807) is 6.08 Å². The van der Waals surface area contributed by atoms with E-state index < -0.39 is 12.2 Å². The number of aliphatic hydroxyl groups is 3. The maximum Gasteiger partial charge on any atom is 0.139 e. The molecular weight excluding hydrogens is 304 g/mol. The summed E-state index contributed by atoms with van der Waals surface area (Å²) in [5, 5.41) is 28.9. The van der Waals surface area contributed by atoms with Gasteiger partial charge in [-0.25, -0.2) is 0 Å². The molecule has 1 unspecified atom stereocenters. The van der Waals surface area contributed by atoms with E-state index in [2.05, 4.69) is 6.92 Å². The topological polar surface area (TPSA) is 77.8 Å². The molecule has 1 rings (SSSR count). The fourth-order valence-electron chi connectivity index (χ4n) is 3.55. The van der Waals surface area contributed by atoms with Crippen LogP contribution in [0.15, 0.2) is 12.2 Å². The second-order valence-corrected chi connectivity index (χ2v) is 7.15. The maximum atomic E-state index is 12.1. The molecule has 140 valence electrons. The van der Waals surface area contributed by atoms with Gasteiger partial charge in [-0.3, -0.25) is 4.79 Å². The Labute approximate surface area is 147 Å². The van der Waals surface area contributed by atoms with Gasteiger partial charge in [-0.15, -0.1) is 0 Å². The number of Topliss-reactive ketones (excluding diaryl/α,β-unsaturated/α-hetero) is 1. The molecule has 4 atom stereocenters. The van der Waals surface area contributed by atoms with Crippen LogP contribution in [0.2, 0.25) is 0 Å². The largest absolute Gasteiger partial charge is 0.396 e. The zero-order valence-electron chi connectivity index (χ0n) is 15.2. The summed E-state index contributed by atoms with van der Waals surface area (Å²) in [6.07, 6.45) is 12.7. The van der Waals surface area contributed by atoms with E-state index in [-0.39, 0.29) is 30.6 Å². The van der Waals surface area contributed by atoms with Crippen molar-refractivity contribution in [3.63, 3.8) is 0 Å². The molecule has 0 heterocycles. The third-order valence-electron chi connectivity index (χ3n) is 5.06. The Morgan fingerprint density at radius 3 is 2.54 bits per heavy atom. The summed E-state index contributed by atoms with van der Waals surface area (Å²) in [5.74, 6) is -0.0827. The normalized spacial score (nSPS) is 25.7. The van der Waals surface area contributed by atoms with Crippen molar-refractivity contribution >= 4 is 5.78 Å². The van der Waals surface area contributed by atoms with E-state index in [1.165, 1.54) is 0 Å². The molecule has 1 aliphatic rings. The average molecular weight is 341 g/mol. The van der Waals surface area contributed by atoms with Gasteiger partial charge in [-0.2, -0.15) is 0 Å². The van der Waals surface area contributed by atoms with Crippen LogP contribution < -0.4 is 0 Å². The maximum absolute atomic E-state index is 12.1. The first-order valence-corrected chi connectivity index (χ1v) is 9.78. The molecule has 0 spiro atoms. The van der Waals surface area contributed by atoms with Crippen molar-refractivity contribution in [2.75, 3.05) is 6.61 Å². The van der Waals surface area contributed by atoms with E-state index in [0.717, 1.165) is 64.2 Å². The Kier molecular flexibility index (Phi) is 11.2. The van der Waals surface area contributed by atoms with E-state index in [1.807, 2.05) is 6.08 Å². The van der Waals surface area contributed by atoms with Gasteiger partial charge in [0.1, 0.15) is 5.78 Å². The average Bonchev–Trinajstić information content (AvgIpc) is 2.82. The molecule has 1 fully saturated rings. The molecule has 0 aromatic rings. The van der Waals surface area contributed by atoms with Crippen LogP contribution in [0, 0.1) is 11.8 Å². The minimum atomic E-state index is -0.601. The van der Waals surface area contributed by atoms with Gasteiger partial charge in [0.05, 0.1) is 12.2 Å². The summed E-state index contributed by atoms with van der Waals surface area (Å²) in [5.41, 5.74) is 0. The van der Waals surface area contributed by atoms with Crippen LogP contribution >= 0.6 is 0 Å². The number of carbonyl (C=O) groups excluding carboxylic acids is 1.